The summed E-state index contributed by atoms with van der Waals surface area (Å²) >= 11 is 0. The Hall–Kier alpha value is -2.28. The van der Waals surface area contributed by atoms with Gasteiger partial charge in [0.15, 0.2) is 0 Å². The number of benzene rings is 1. The van der Waals surface area contributed by atoms with E-state index >= 15 is 0 Å². The van der Waals surface area contributed by atoms with Gasteiger partial charge in [0.1, 0.15) is 5.75 Å². The molecule has 0 aromatic heterocycles. The Morgan fingerprint density at radius 2 is 2.04 bits per heavy atom. The number of nitrogens with one attached hydrogen (secondary N) is 1. The van der Waals surface area contributed by atoms with Gasteiger partial charge in [0.05, 0.1) is 31.9 Å². The van der Waals surface area contributed by atoms with Crippen LogP contribution >= 0.6 is 0 Å². The first-order chi connectivity index (χ1) is 11.5. The molecule has 1 amide bonds. The van der Waals surface area contributed by atoms with Crippen molar-refractivity contribution >= 4 is 23.3 Å². The van der Waals surface area contributed by atoms with E-state index in [1.807, 2.05) is 11.8 Å². The number of rotatable bonds is 6. The summed E-state index contributed by atoms with van der Waals surface area (Å²) < 4.78 is 10.3. The number of amides is 1. The molecule has 1 aliphatic heterocycles. The lowest BCUT2D eigenvalue weighted by atomic mass is 9.97. The molecule has 0 saturated carbocycles. The van der Waals surface area contributed by atoms with E-state index in [1.54, 1.807) is 18.2 Å². The second kappa shape index (κ2) is 8.54. The highest BCUT2D eigenvalue weighted by atomic mass is 16.5. The summed E-state index contributed by atoms with van der Waals surface area (Å²) in [4.78, 5) is 26.0. The quantitative estimate of drug-likeness (QED) is 0.604. The van der Waals surface area contributed by atoms with Crippen molar-refractivity contribution in [2.24, 2.45) is 5.92 Å². The Bertz CT molecular complexity index is 583. The lowest BCUT2D eigenvalue weighted by Crippen LogP contribution is -2.41. The summed E-state index contributed by atoms with van der Waals surface area (Å²) in [5.74, 6) is 0.228. The van der Waals surface area contributed by atoms with Crippen LogP contribution < -0.4 is 15.8 Å². The van der Waals surface area contributed by atoms with E-state index in [4.69, 9.17) is 15.2 Å². The van der Waals surface area contributed by atoms with Gasteiger partial charge in [-0.1, -0.05) is 0 Å². The number of nitrogens with zero attached hydrogens (tertiary/aromatic N) is 1. The van der Waals surface area contributed by atoms with Gasteiger partial charge in [-0.2, -0.15) is 0 Å². The van der Waals surface area contributed by atoms with Gasteiger partial charge >= 0.3 is 5.97 Å². The van der Waals surface area contributed by atoms with Crippen LogP contribution in [-0.2, 0) is 14.3 Å². The van der Waals surface area contributed by atoms with Gasteiger partial charge in [-0.25, -0.2) is 0 Å². The van der Waals surface area contributed by atoms with E-state index in [0.29, 0.717) is 36.8 Å². The molecular weight excluding hydrogens is 310 g/mol. The normalized spacial score (nSPS) is 15.8. The number of likely N-dealkylation sites (tertiary alicyclic amines) is 1. The Balaban J connectivity index is 1.83. The highest BCUT2D eigenvalue weighted by Gasteiger charge is 2.26. The number of carbonyl (C=O) groups excluding carboxylic acids is 2. The third kappa shape index (κ3) is 4.86. The van der Waals surface area contributed by atoms with Gasteiger partial charge < -0.3 is 20.5 Å². The van der Waals surface area contributed by atoms with Crippen molar-refractivity contribution in [2.45, 2.75) is 19.8 Å². The van der Waals surface area contributed by atoms with Gasteiger partial charge in [-0.3, -0.25) is 14.5 Å². The van der Waals surface area contributed by atoms with Gasteiger partial charge in [-0.15, -0.1) is 0 Å². The van der Waals surface area contributed by atoms with Crippen molar-refractivity contribution in [1.82, 2.24) is 4.90 Å². The van der Waals surface area contributed by atoms with Gasteiger partial charge in [0, 0.05) is 11.8 Å². The van der Waals surface area contributed by atoms with Crippen molar-refractivity contribution < 1.29 is 19.1 Å². The first-order valence-electron chi connectivity index (χ1n) is 8.15. The second-order valence-electron chi connectivity index (χ2n) is 5.81. The first kappa shape index (κ1) is 18.1. The number of hydrogen-bond acceptors (Lipinski definition) is 6. The topological polar surface area (TPSA) is 93.9 Å². The average molecular weight is 335 g/mol. The number of anilines is 2. The summed E-state index contributed by atoms with van der Waals surface area (Å²) in [6.45, 7) is 3.91. The van der Waals surface area contributed by atoms with Crippen LogP contribution in [0.3, 0.4) is 0 Å². The molecule has 7 heteroatoms. The van der Waals surface area contributed by atoms with Gasteiger partial charge in [-0.05, 0) is 45.0 Å². The Morgan fingerprint density at radius 1 is 1.33 bits per heavy atom. The third-order valence-electron chi connectivity index (χ3n) is 4.07. The SMILES string of the molecule is CCOC(=O)C1CCN(CC(=O)Nc2ccc(N)cc2OC)CC1. The maximum Gasteiger partial charge on any atom is 0.309 e. The zero-order valence-electron chi connectivity index (χ0n) is 14.2. The van der Waals surface area contributed by atoms with Crippen LogP contribution in [0.4, 0.5) is 11.4 Å². The average Bonchev–Trinajstić information content (AvgIpc) is 2.57. The third-order valence-corrected chi connectivity index (χ3v) is 4.07. The first-order valence-corrected chi connectivity index (χ1v) is 8.15. The van der Waals surface area contributed by atoms with Crippen LogP contribution in [-0.4, -0.2) is 50.1 Å². The predicted molar refractivity (Wildman–Crippen MR) is 91.8 cm³/mol. The summed E-state index contributed by atoms with van der Waals surface area (Å²) in [5, 5.41) is 2.84. The summed E-state index contributed by atoms with van der Waals surface area (Å²) in [6.07, 6.45) is 1.44. The molecule has 0 unspecified atom stereocenters. The Labute approximate surface area is 142 Å². The summed E-state index contributed by atoms with van der Waals surface area (Å²) in [6, 6.07) is 5.10. The summed E-state index contributed by atoms with van der Waals surface area (Å²) in [7, 11) is 1.53. The number of ether oxygens (including phenoxy) is 2. The predicted octanol–water partition coefficient (Wildman–Crippen LogP) is 1.49. The Kier molecular flexibility index (Phi) is 6.43. The largest absolute Gasteiger partial charge is 0.494 e. The fourth-order valence-electron chi connectivity index (χ4n) is 2.79. The second-order valence-corrected chi connectivity index (χ2v) is 5.81. The maximum atomic E-state index is 12.2. The minimum atomic E-state index is -0.131. The smallest absolute Gasteiger partial charge is 0.309 e. The number of piperidine rings is 1. The lowest BCUT2D eigenvalue weighted by molar-refractivity contribution is -0.149. The molecule has 1 heterocycles. The monoisotopic (exact) mass is 335 g/mol. The van der Waals surface area contributed by atoms with Crippen LogP contribution in [0.15, 0.2) is 18.2 Å². The molecule has 0 spiro atoms. The molecule has 1 saturated heterocycles. The van der Waals surface area contributed by atoms with Crippen molar-refractivity contribution in [1.29, 1.82) is 0 Å². The van der Waals surface area contributed by atoms with E-state index in [2.05, 4.69) is 5.32 Å². The molecule has 24 heavy (non-hydrogen) atoms. The van der Waals surface area contributed by atoms with Crippen molar-refractivity contribution in [2.75, 3.05) is 44.4 Å². The molecule has 132 valence electrons. The molecular formula is C17H25N3O4. The molecule has 1 aliphatic rings. The molecule has 0 radical (unpaired) electrons. The number of carbonyl (C=O) groups is 2. The minimum absolute atomic E-state index is 0.0542. The molecule has 2 rings (SSSR count). The van der Waals surface area contributed by atoms with E-state index in [0.717, 1.165) is 12.8 Å². The highest BCUT2D eigenvalue weighted by Crippen LogP contribution is 2.26. The standard InChI is InChI=1S/C17H25N3O4/c1-3-24-17(22)12-6-8-20(9-7-12)11-16(21)19-14-5-4-13(18)10-15(14)23-2/h4-5,10,12H,3,6-9,11,18H2,1-2H3,(H,19,21). The van der Waals surface area contributed by atoms with Crippen molar-refractivity contribution in [3.63, 3.8) is 0 Å². The van der Waals surface area contributed by atoms with Crippen molar-refractivity contribution in [3.05, 3.63) is 18.2 Å². The Morgan fingerprint density at radius 3 is 2.67 bits per heavy atom. The minimum Gasteiger partial charge on any atom is -0.494 e. The van der Waals surface area contributed by atoms with Crippen LogP contribution in [0.5, 0.6) is 5.75 Å². The van der Waals surface area contributed by atoms with E-state index in [9.17, 15) is 9.59 Å². The number of esters is 1. The zero-order chi connectivity index (χ0) is 17.5. The molecule has 1 fully saturated rings. The molecule has 0 aliphatic carbocycles. The number of hydrogen-bond donors (Lipinski definition) is 2. The van der Waals surface area contributed by atoms with Gasteiger partial charge in [0.2, 0.25) is 5.91 Å². The fourth-order valence-corrected chi connectivity index (χ4v) is 2.79. The molecule has 0 bridgehead atoms. The van der Waals surface area contributed by atoms with Crippen LogP contribution in [0, 0.1) is 5.92 Å². The van der Waals surface area contributed by atoms with E-state index in [1.165, 1.54) is 7.11 Å². The number of nitrogens with two attached hydrogens (primary N) is 1. The fraction of sp³-hybridized carbons (Fsp3) is 0.529. The van der Waals surface area contributed by atoms with E-state index < -0.39 is 0 Å². The zero-order valence-corrected chi connectivity index (χ0v) is 14.2. The summed E-state index contributed by atoms with van der Waals surface area (Å²) in [5.41, 5.74) is 6.87. The van der Waals surface area contributed by atoms with Crippen LogP contribution in [0.1, 0.15) is 19.8 Å². The van der Waals surface area contributed by atoms with Gasteiger partial charge in [0.25, 0.3) is 0 Å². The lowest BCUT2D eigenvalue weighted by Gasteiger charge is -2.30. The molecule has 3 N–H and O–H groups in total. The van der Waals surface area contributed by atoms with Crippen LogP contribution in [0.2, 0.25) is 0 Å². The van der Waals surface area contributed by atoms with Crippen molar-refractivity contribution in [3.8, 4) is 5.75 Å². The maximum absolute atomic E-state index is 12.2. The molecule has 1 aromatic carbocycles. The molecule has 7 nitrogen and oxygen atoms in total. The number of nitrogen functional groups attached to an aromatic ring is 1. The van der Waals surface area contributed by atoms with E-state index in [-0.39, 0.29) is 24.3 Å². The van der Waals surface area contributed by atoms with Crippen LogP contribution in [0.25, 0.3) is 0 Å². The highest BCUT2D eigenvalue weighted by molar-refractivity contribution is 5.94. The number of methoxy groups -OCH3 is 1. The molecule has 1 aromatic rings. The molecule has 0 atom stereocenters.